The van der Waals surface area contributed by atoms with Crippen LogP contribution in [0.1, 0.15) is 11.1 Å². The molecule has 5 heteroatoms. The second kappa shape index (κ2) is 7.42. The molecule has 0 heterocycles. The lowest BCUT2D eigenvalue weighted by Gasteiger charge is -2.17. The predicted molar refractivity (Wildman–Crippen MR) is 88.4 cm³/mol. The van der Waals surface area contributed by atoms with E-state index >= 15 is 0 Å². The van der Waals surface area contributed by atoms with Gasteiger partial charge in [-0.3, -0.25) is 0 Å². The van der Waals surface area contributed by atoms with Gasteiger partial charge in [-0.1, -0.05) is 48.0 Å². The molecule has 0 fully saturated rings. The van der Waals surface area contributed by atoms with Crippen molar-refractivity contribution in [3.8, 4) is 5.75 Å². The number of sulfonamides is 1. The predicted octanol–water partition coefficient (Wildman–Crippen LogP) is 2.84. The number of aryl methyl sites for hydroxylation is 1. The molecule has 0 amide bonds. The molecule has 0 bridgehead atoms. The summed E-state index contributed by atoms with van der Waals surface area (Å²) in [4.78, 5) is 0. The summed E-state index contributed by atoms with van der Waals surface area (Å²) in [6.07, 6.45) is 0. The van der Waals surface area contributed by atoms with Crippen molar-refractivity contribution in [2.24, 2.45) is 0 Å². The number of hydrogen-bond donors (Lipinski definition) is 0. The van der Waals surface area contributed by atoms with Crippen LogP contribution in [-0.4, -0.2) is 32.9 Å². The molecule has 4 nitrogen and oxygen atoms in total. The molecule has 0 saturated heterocycles. The highest BCUT2D eigenvalue weighted by Gasteiger charge is 2.18. The van der Waals surface area contributed by atoms with Crippen molar-refractivity contribution in [1.82, 2.24) is 4.31 Å². The van der Waals surface area contributed by atoms with Gasteiger partial charge in [-0.05, 0) is 24.6 Å². The molecule has 0 radical (unpaired) electrons. The minimum atomic E-state index is -3.32. The number of nitrogens with zero attached hydrogens (tertiary/aromatic N) is 1. The van der Waals surface area contributed by atoms with E-state index in [1.807, 2.05) is 61.5 Å². The third kappa shape index (κ3) is 4.86. The first-order chi connectivity index (χ1) is 10.5. The average molecular weight is 319 g/mol. The van der Waals surface area contributed by atoms with Crippen molar-refractivity contribution in [3.63, 3.8) is 0 Å². The lowest BCUT2D eigenvalue weighted by atomic mass is 10.2. The molecule has 0 aliphatic heterocycles. The summed E-state index contributed by atoms with van der Waals surface area (Å²) in [5, 5.41) is 0. The average Bonchev–Trinajstić information content (AvgIpc) is 2.49. The van der Waals surface area contributed by atoms with Gasteiger partial charge in [0.25, 0.3) is 0 Å². The molecule has 0 spiro atoms. The maximum Gasteiger partial charge on any atom is 0.218 e. The molecule has 0 unspecified atom stereocenters. The van der Waals surface area contributed by atoms with Crippen LogP contribution in [0, 0.1) is 6.92 Å². The van der Waals surface area contributed by atoms with Crippen molar-refractivity contribution in [1.29, 1.82) is 0 Å². The molecule has 2 aromatic rings. The van der Waals surface area contributed by atoms with Gasteiger partial charge in [-0.15, -0.1) is 0 Å². The maximum atomic E-state index is 12.3. The van der Waals surface area contributed by atoms with Gasteiger partial charge >= 0.3 is 0 Å². The highest BCUT2D eigenvalue weighted by atomic mass is 32.2. The largest absolute Gasteiger partial charge is 0.492 e. The summed E-state index contributed by atoms with van der Waals surface area (Å²) >= 11 is 0. The van der Waals surface area contributed by atoms with E-state index in [0.717, 1.165) is 16.9 Å². The Balaban J connectivity index is 1.85. The van der Waals surface area contributed by atoms with Crippen LogP contribution in [0.4, 0.5) is 0 Å². The van der Waals surface area contributed by atoms with Crippen molar-refractivity contribution >= 4 is 10.0 Å². The summed E-state index contributed by atoms with van der Waals surface area (Å²) in [5.41, 5.74) is 1.95. The molecule has 118 valence electrons. The molecular weight excluding hydrogens is 298 g/mol. The van der Waals surface area contributed by atoms with E-state index in [1.165, 1.54) is 4.31 Å². The molecule has 2 aromatic carbocycles. The van der Waals surface area contributed by atoms with Gasteiger partial charge in [-0.25, -0.2) is 12.7 Å². The van der Waals surface area contributed by atoms with Crippen molar-refractivity contribution in [3.05, 3.63) is 65.7 Å². The monoisotopic (exact) mass is 319 g/mol. The standard InChI is InChI=1S/C17H21NO3S/c1-15-8-10-17(11-9-15)21-13-12-18(2)22(19,20)14-16-6-4-3-5-7-16/h3-11H,12-14H2,1-2H3. The Morgan fingerprint density at radius 1 is 1.00 bits per heavy atom. The molecule has 2 rings (SSSR count). The van der Waals surface area contributed by atoms with Crippen LogP contribution in [0.15, 0.2) is 54.6 Å². The first-order valence-corrected chi connectivity index (χ1v) is 8.76. The molecule has 0 aromatic heterocycles. The van der Waals surface area contributed by atoms with Crippen LogP contribution in [-0.2, 0) is 15.8 Å². The number of hydrogen-bond acceptors (Lipinski definition) is 3. The Morgan fingerprint density at radius 3 is 2.27 bits per heavy atom. The SMILES string of the molecule is Cc1ccc(OCCN(C)S(=O)(=O)Cc2ccccc2)cc1. The van der Waals surface area contributed by atoms with Gasteiger partial charge in [0.2, 0.25) is 10.0 Å². The molecule has 0 N–H and O–H groups in total. The van der Waals surface area contributed by atoms with Crippen LogP contribution in [0.3, 0.4) is 0 Å². The fourth-order valence-electron chi connectivity index (χ4n) is 1.96. The summed E-state index contributed by atoms with van der Waals surface area (Å²) in [6, 6.07) is 16.9. The van der Waals surface area contributed by atoms with E-state index in [2.05, 4.69) is 0 Å². The van der Waals surface area contributed by atoms with Crippen LogP contribution < -0.4 is 4.74 Å². The van der Waals surface area contributed by atoms with E-state index in [-0.39, 0.29) is 5.75 Å². The normalized spacial score (nSPS) is 11.6. The number of ether oxygens (including phenoxy) is 1. The highest BCUT2D eigenvalue weighted by Crippen LogP contribution is 2.12. The topological polar surface area (TPSA) is 46.6 Å². The smallest absolute Gasteiger partial charge is 0.218 e. The number of rotatable bonds is 7. The molecule has 0 aliphatic carbocycles. The van der Waals surface area contributed by atoms with Crippen LogP contribution in [0.5, 0.6) is 5.75 Å². The van der Waals surface area contributed by atoms with E-state index in [9.17, 15) is 8.42 Å². The van der Waals surface area contributed by atoms with E-state index in [1.54, 1.807) is 7.05 Å². The lowest BCUT2D eigenvalue weighted by Crippen LogP contribution is -2.32. The summed E-state index contributed by atoms with van der Waals surface area (Å²) in [6.45, 7) is 2.66. The van der Waals surface area contributed by atoms with Crippen LogP contribution in [0.25, 0.3) is 0 Å². The molecule has 0 aliphatic rings. The van der Waals surface area contributed by atoms with Crippen molar-refractivity contribution < 1.29 is 13.2 Å². The van der Waals surface area contributed by atoms with E-state index < -0.39 is 10.0 Å². The molecule has 0 saturated carbocycles. The zero-order chi connectivity index (χ0) is 16.0. The number of likely N-dealkylation sites (N-methyl/N-ethyl adjacent to an activating group) is 1. The van der Waals surface area contributed by atoms with Gasteiger partial charge < -0.3 is 4.74 Å². The fourth-order valence-corrected chi connectivity index (χ4v) is 3.15. The Morgan fingerprint density at radius 2 is 1.64 bits per heavy atom. The number of benzene rings is 2. The Hall–Kier alpha value is -1.85. The zero-order valence-corrected chi connectivity index (χ0v) is 13.7. The van der Waals surface area contributed by atoms with Crippen LogP contribution >= 0.6 is 0 Å². The zero-order valence-electron chi connectivity index (χ0n) is 12.9. The minimum absolute atomic E-state index is 0.00880. The quantitative estimate of drug-likeness (QED) is 0.788. The van der Waals surface area contributed by atoms with Gasteiger partial charge in [0, 0.05) is 13.6 Å². The highest BCUT2D eigenvalue weighted by molar-refractivity contribution is 7.88. The second-order valence-electron chi connectivity index (χ2n) is 5.22. The lowest BCUT2D eigenvalue weighted by molar-refractivity contribution is 0.286. The van der Waals surface area contributed by atoms with Gasteiger partial charge in [-0.2, -0.15) is 0 Å². The summed E-state index contributed by atoms with van der Waals surface area (Å²) < 4.78 is 31.4. The summed E-state index contributed by atoms with van der Waals surface area (Å²) in [7, 11) is -1.74. The Labute approximate surface area is 132 Å². The Kier molecular flexibility index (Phi) is 5.57. The molecule has 22 heavy (non-hydrogen) atoms. The molecular formula is C17H21NO3S. The van der Waals surface area contributed by atoms with Crippen molar-refractivity contribution in [2.45, 2.75) is 12.7 Å². The van der Waals surface area contributed by atoms with E-state index in [4.69, 9.17) is 4.74 Å². The first-order valence-electron chi connectivity index (χ1n) is 7.15. The molecule has 0 atom stereocenters. The fraction of sp³-hybridized carbons (Fsp3) is 0.294. The minimum Gasteiger partial charge on any atom is -0.492 e. The second-order valence-corrected chi connectivity index (χ2v) is 7.30. The first kappa shape index (κ1) is 16.5. The van der Waals surface area contributed by atoms with Gasteiger partial charge in [0.1, 0.15) is 12.4 Å². The van der Waals surface area contributed by atoms with Crippen molar-refractivity contribution in [2.75, 3.05) is 20.2 Å². The van der Waals surface area contributed by atoms with Crippen LogP contribution in [0.2, 0.25) is 0 Å². The van der Waals surface area contributed by atoms with E-state index in [0.29, 0.717) is 13.2 Å². The van der Waals surface area contributed by atoms with Gasteiger partial charge in [0.05, 0.1) is 5.75 Å². The third-order valence-corrected chi connectivity index (χ3v) is 5.19. The summed E-state index contributed by atoms with van der Waals surface area (Å²) in [5.74, 6) is 0.758. The Bertz CT molecular complexity index is 682. The van der Waals surface area contributed by atoms with Gasteiger partial charge in [0.15, 0.2) is 0 Å². The third-order valence-electron chi connectivity index (χ3n) is 3.36. The maximum absolute atomic E-state index is 12.3.